The van der Waals surface area contributed by atoms with Gasteiger partial charge in [0.1, 0.15) is 0 Å². The molecule has 0 aromatic heterocycles. The van der Waals surface area contributed by atoms with Crippen molar-refractivity contribution in [2.24, 2.45) is 5.92 Å². The number of hydrogen-bond donors (Lipinski definition) is 1. The zero-order chi connectivity index (χ0) is 46.4. The van der Waals surface area contributed by atoms with Gasteiger partial charge in [-0.15, -0.1) is 0 Å². The fraction of sp³-hybridized carbons (Fsp3) is 0.944. The van der Waals surface area contributed by atoms with Gasteiger partial charge in [0, 0.05) is 13.0 Å². The minimum Gasteiger partial charge on any atom is -0.463 e. The van der Waals surface area contributed by atoms with Crippen molar-refractivity contribution < 1.29 is 33.3 Å². The highest BCUT2D eigenvalue weighted by atomic mass is 16.6. The second-order valence-electron chi connectivity index (χ2n) is 20.8. The number of carbonyl (C=O) groups excluding carboxylic acids is 3. The maximum atomic E-state index is 13.5. The van der Waals surface area contributed by atoms with Gasteiger partial charge < -0.3 is 24.3 Å². The molecule has 0 saturated heterocycles. The largest absolute Gasteiger partial charge is 0.463 e. The van der Waals surface area contributed by atoms with E-state index in [9.17, 15) is 14.4 Å². The Morgan fingerprint density at radius 1 is 0.500 bits per heavy atom. The molecule has 8 heteroatoms. The van der Waals surface area contributed by atoms with E-state index in [4.69, 9.17) is 18.9 Å². The first-order valence-electron chi connectivity index (χ1n) is 26.5. The predicted octanol–water partition coefficient (Wildman–Crippen LogP) is 15.5. The second-order valence-corrected chi connectivity index (χ2v) is 20.8. The second kappa shape index (κ2) is 38.6. The molecule has 8 nitrogen and oxygen atoms in total. The van der Waals surface area contributed by atoms with E-state index in [1.807, 2.05) is 55.4 Å². The molecule has 1 amide bonds. The summed E-state index contributed by atoms with van der Waals surface area (Å²) in [4.78, 5) is 39.8. The van der Waals surface area contributed by atoms with Gasteiger partial charge in [-0.1, -0.05) is 207 Å². The highest BCUT2D eigenvalue weighted by molar-refractivity contribution is 5.82. The minimum absolute atomic E-state index is 0.134. The van der Waals surface area contributed by atoms with Gasteiger partial charge in [-0.05, 0) is 67.7 Å². The average Bonchev–Trinajstić information content (AvgIpc) is 3.20. The van der Waals surface area contributed by atoms with Crippen LogP contribution in [0.15, 0.2) is 0 Å². The summed E-state index contributed by atoms with van der Waals surface area (Å²) >= 11 is 0. The number of carbonyl (C=O) groups is 3. The van der Waals surface area contributed by atoms with Crippen LogP contribution in [0.3, 0.4) is 0 Å². The van der Waals surface area contributed by atoms with Crippen molar-refractivity contribution in [3.63, 3.8) is 0 Å². The first kappa shape index (κ1) is 60.3. The molecule has 62 heavy (non-hydrogen) atoms. The van der Waals surface area contributed by atoms with Gasteiger partial charge in [-0.3, -0.25) is 9.59 Å². The van der Waals surface area contributed by atoms with Gasteiger partial charge in [-0.25, -0.2) is 4.79 Å². The van der Waals surface area contributed by atoms with E-state index < -0.39 is 35.2 Å². The lowest BCUT2D eigenvalue weighted by Crippen LogP contribution is -2.50. The van der Waals surface area contributed by atoms with Crippen LogP contribution >= 0.6 is 0 Å². The number of amides is 1. The molecule has 0 spiro atoms. The van der Waals surface area contributed by atoms with Crippen molar-refractivity contribution in [3.8, 4) is 0 Å². The Bertz CT molecular complexity index is 1070. The van der Waals surface area contributed by atoms with Crippen LogP contribution in [0.1, 0.15) is 281 Å². The van der Waals surface area contributed by atoms with Gasteiger partial charge in [0.25, 0.3) is 0 Å². The molecule has 2 unspecified atom stereocenters. The van der Waals surface area contributed by atoms with Crippen LogP contribution in [0.25, 0.3) is 0 Å². The highest BCUT2D eigenvalue weighted by Crippen LogP contribution is 2.30. The summed E-state index contributed by atoms with van der Waals surface area (Å²) < 4.78 is 23.8. The number of ether oxygens (including phenoxy) is 4. The number of nitrogens with one attached hydrogen (secondary N) is 1. The summed E-state index contributed by atoms with van der Waals surface area (Å²) in [6, 6.07) is 0. The lowest BCUT2D eigenvalue weighted by Gasteiger charge is -2.39. The molecule has 0 heterocycles. The molecule has 0 aliphatic heterocycles. The van der Waals surface area contributed by atoms with Crippen LogP contribution in [0, 0.1) is 5.92 Å². The summed E-state index contributed by atoms with van der Waals surface area (Å²) in [5, 5.41) is 2.88. The lowest BCUT2D eigenvalue weighted by atomic mass is 9.90. The van der Waals surface area contributed by atoms with E-state index in [0.29, 0.717) is 13.0 Å². The lowest BCUT2D eigenvalue weighted by molar-refractivity contribution is -0.171. The van der Waals surface area contributed by atoms with E-state index in [2.05, 4.69) is 19.2 Å². The maximum absolute atomic E-state index is 13.5. The maximum Gasteiger partial charge on any atom is 0.349 e. The van der Waals surface area contributed by atoms with Crippen molar-refractivity contribution in [2.45, 2.75) is 304 Å². The Morgan fingerprint density at radius 3 is 1.26 bits per heavy atom. The highest BCUT2D eigenvalue weighted by Gasteiger charge is 2.38. The third kappa shape index (κ3) is 37.7. The molecule has 0 aliphatic carbocycles. The van der Waals surface area contributed by atoms with E-state index in [1.165, 1.54) is 161 Å². The Morgan fingerprint density at radius 2 is 0.871 bits per heavy atom. The normalized spacial score (nSPS) is 13.3. The molecule has 0 fully saturated rings. The van der Waals surface area contributed by atoms with E-state index in [1.54, 1.807) is 0 Å². The number of hydrogen-bond acceptors (Lipinski definition) is 7. The Hall–Kier alpha value is -1.67. The molecule has 2 atom stereocenters. The fourth-order valence-corrected chi connectivity index (χ4v) is 8.06. The molecule has 0 aliphatic rings. The average molecular weight is 880 g/mol. The molecule has 0 aromatic carbocycles. The van der Waals surface area contributed by atoms with Crippen molar-refractivity contribution in [1.29, 1.82) is 0 Å². The molecular formula is C54H105NO7. The summed E-state index contributed by atoms with van der Waals surface area (Å²) in [6.45, 7) is 21.0. The Balaban J connectivity index is 4.77. The van der Waals surface area contributed by atoms with Gasteiger partial charge in [0.2, 0.25) is 12.0 Å². The Kier molecular flexibility index (Phi) is 37.5. The summed E-state index contributed by atoms with van der Waals surface area (Å²) in [5.74, 6) is -1.83. The molecule has 368 valence electrons. The molecule has 0 aromatic rings. The van der Waals surface area contributed by atoms with Gasteiger partial charge in [-0.2, -0.15) is 0 Å². The van der Waals surface area contributed by atoms with Gasteiger partial charge in [0.05, 0.1) is 35.9 Å². The van der Waals surface area contributed by atoms with Crippen molar-refractivity contribution in [1.82, 2.24) is 5.32 Å². The van der Waals surface area contributed by atoms with E-state index in [0.717, 1.165) is 38.5 Å². The van der Waals surface area contributed by atoms with Crippen LogP contribution in [-0.4, -0.2) is 60.5 Å². The monoisotopic (exact) mass is 880 g/mol. The quantitative estimate of drug-likeness (QED) is 0.0480. The zero-order valence-corrected chi connectivity index (χ0v) is 43.0. The molecular weight excluding hydrogens is 775 g/mol. The van der Waals surface area contributed by atoms with Crippen LogP contribution in [0.2, 0.25) is 0 Å². The summed E-state index contributed by atoms with van der Waals surface area (Å²) in [6.07, 6.45) is 38.9. The predicted molar refractivity (Wildman–Crippen MR) is 262 cm³/mol. The number of esters is 2. The molecule has 0 rings (SSSR count). The van der Waals surface area contributed by atoms with Gasteiger partial charge >= 0.3 is 11.9 Å². The van der Waals surface area contributed by atoms with Crippen LogP contribution < -0.4 is 5.32 Å². The first-order valence-corrected chi connectivity index (χ1v) is 26.5. The first-order chi connectivity index (χ1) is 29.5. The van der Waals surface area contributed by atoms with Crippen molar-refractivity contribution >= 4 is 17.8 Å². The minimum atomic E-state index is -1.19. The smallest absolute Gasteiger partial charge is 0.349 e. The van der Waals surface area contributed by atoms with Crippen molar-refractivity contribution in [2.75, 3.05) is 19.8 Å². The van der Waals surface area contributed by atoms with Gasteiger partial charge in [0.15, 0.2) is 0 Å². The molecule has 0 bridgehead atoms. The zero-order valence-electron chi connectivity index (χ0n) is 43.0. The standard InChI is InChI=1S/C54H105NO7/c1-11-13-15-17-19-21-23-25-27-29-31-33-35-37-39-41-44-59-51(58)48(46-55-50(57)47(3)54(9,10)62-53(7,8)43-45-60-52(4,5)6)61-49(56)42-40-38-36-34-32-30-28-26-24-22-20-18-16-14-12-2/h47-48H,11-46H2,1-10H3,(H,55,57). The topological polar surface area (TPSA) is 100 Å². The number of unbranched alkanes of at least 4 members (excludes halogenated alkanes) is 29. The summed E-state index contributed by atoms with van der Waals surface area (Å²) in [7, 11) is 0. The summed E-state index contributed by atoms with van der Waals surface area (Å²) in [5.41, 5.74) is -1.56. The van der Waals surface area contributed by atoms with Crippen molar-refractivity contribution in [3.05, 3.63) is 0 Å². The Labute approximate surface area is 385 Å². The SMILES string of the molecule is CCCCCCCCCCCCCCCCCCOC(=O)C(CNC(=O)C(C)C(C)(C)OC(C)(C)CCOC(C)(C)C)OC(=O)CCCCCCCCCCCCCCCCC. The molecule has 0 saturated carbocycles. The van der Waals surface area contributed by atoms with Crippen LogP contribution in [0.4, 0.5) is 0 Å². The third-order valence-electron chi connectivity index (χ3n) is 12.4. The molecule has 0 radical (unpaired) electrons. The third-order valence-corrected chi connectivity index (χ3v) is 12.4. The molecule has 1 N–H and O–H groups in total. The fourth-order valence-electron chi connectivity index (χ4n) is 8.06. The van der Waals surface area contributed by atoms with Crippen LogP contribution in [0.5, 0.6) is 0 Å². The van der Waals surface area contributed by atoms with E-state index in [-0.39, 0.29) is 31.1 Å². The number of rotatable bonds is 44. The van der Waals surface area contributed by atoms with E-state index >= 15 is 0 Å². The van der Waals surface area contributed by atoms with Crippen LogP contribution in [-0.2, 0) is 33.3 Å².